The second-order valence-electron chi connectivity index (χ2n) is 4.45. The van der Waals surface area contributed by atoms with E-state index in [0.29, 0.717) is 3.57 Å². The summed E-state index contributed by atoms with van der Waals surface area (Å²) in [4.78, 5) is 4.39. The highest BCUT2D eigenvalue weighted by Gasteiger charge is 2.32. The van der Waals surface area contributed by atoms with Crippen LogP contribution in [0.15, 0.2) is 18.2 Å². The third-order valence-electron chi connectivity index (χ3n) is 3.01. The molecule has 1 aliphatic rings. The Morgan fingerprint density at radius 2 is 1.79 bits per heavy atom. The van der Waals surface area contributed by atoms with E-state index in [4.69, 9.17) is 0 Å². The summed E-state index contributed by atoms with van der Waals surface area (Å²) in [6.07, 6.45) is -4.64. The van der Waals surface area contributed by atoms with Gasteiger partial charge in [-0.1, -0.05) is 0 Å². The number of benzene rings is 1. The van der Waals surface area contributed by atoms with E-state index < -0.39 is 6.36 Å². The quantitative estimate of drug-likeness (QED) is 0.728. The van der Waals surface area contributed by atoms with Gasteiger partial charge in [0.05, 0.1) is 3.57 Å². The number of hydrogen-bond acceptors (Lipinski definition) is 3. The molecule has 2 rings (SSSR count). The zero-order valence-corrected chi connectivity index (χ0v) is 12.5. The molecule has 0 N–H and O–H groups in total. The van der Waals surface area contributed by atoms with Crippen molar-refractivity contribution >= 4 is 28.3 Å². The van der Waals surface area contributed by atoms with Crippen LogP contribution in [0.1, 0.15) is 0 Å². The summed E-state index contributed by atoms with van der Waals surface area (Å²) >= 11 is 1.86. The summed E-state index contributed by atoms with van der Waals surface area (Å²) in [5, 5.41) is 0. The van der Waals surface area contributed by atoms with Gasteiger partial charge in [-0.15, -0.1) is 13.2 Å². The number of halogens is 4. The molecule has 0 aromatic heterocycles. The van der Waals surface area contributed by atoms with Gasteiger partial charge in [0, 0.05) is 31.9 Å². The second kappa shape index (κ2) is 5.74. The van der Waals surface area contributed by atoms with Crippen LogP contribution in [0.2, 0.25) is 0 Å². The van der Waals surface area contributed by atoms with Crippen LogP contribution in [0, 0.1) is 3.57 Å². The van der Waals surface area contributed by atoms with Crippen molar-refractivity contribution in [2.75, 3.05) is 38.1 Å². The lowest BCUT2D eigenvalue weighted by atomic mass is 10.2. The Balaban J connectivity index is 2.10. The molecule has 3 nitrogen and oxygen atoms in total. The van der Waals surface area contributed by atoms with E-state index >= 15 is 0 Å². The molecule has 0 bridgehead atoms. The number of hydrogen-bond donors (Lipinski definition) is 0. The average Bonchev–Trinajstić information content (AvgIpc) is 2.31. The van der Waals surface area contributed by atoms with Crippen molar-refractivity contribution in [3.63, 3.8) is 0 Å². The summed E-state index contributed by atoms with van der Waals surface area (Å²) < 4.78 is 41.0. The monoisotopic (exact) mass is 386 g/mol. The zero-order valence-electron chi connectivity index (χ0n) is 10.4. The van der Waals surface area contributed by atoms with Crippen LogP contribution in [0.5, 0.6) is 5.75 Å². The smallest absolute Gasteiger partial charge is 0.405 e. The maximum Gasteiger partial charge on any atom is 0.573 e. The van der Waals surface area contributed by atoms with Crippen LogP contribution >= 0.6 is 22.6 Å². The van der Waals surface area contributed by atoms with E-state index in [2.05, 4.69) is 21.6 Å². The number of anilines is 1. The lowest BCUT2D eigenvalue weighted by molar-refractivity contribution is -0.274. The summed E-state index contributed by atoms with van der Waals surface area (Å²) in [7, 11) is 2.06. The van der Waals surface area contributed by atoms with Crippen LogP contribution in [0.4, 0.5) is 18.9 Å². The minimum atomic E-state index is -4.64. The molecule has 1 fully saturated rings. The molecule has 106 valence electrons. The van der Waals surface area contributed by atoms with E-state index in [9.17, 15) is 13.2 Å². The van der Waals surface area contributed by atoms with Gasteiger partial charge < -0.3 is 14.5 Å². The van der Waals surface area contributed by atoms with Crippen molar-refractivity contribution in [2.24, 2.45) is 0 Å². The van der Waals surface area contributed by atoms with Gasteiger partial charge >= 0.3 is 6.36 Å². The molecule has 0 atom stereocenters. The van der Waals surface area contributed by atoms with Gasteiger partial charge in [0.15, 0.2) is 0 Å². The third kappa shape index (κ3) is 4.13. The fourth-order valence-corrected chi connectivity index (χ4v) is 2.57. The fourth-order valence-electron chi connectivity index (χ4n) is 1.96. The van der Waals surface area contributed by atoms with Gasteiger partial charge in [0.2, 0.25) is 0 Å². The Kier molecular flexibility index (Phi) is 4.44. The second-order valence-corrected chi connectivity index (χ2v) is 5.62. The standard InChI is InChI=1S/C12H14F3IN2O/c1-17-4-6-18(7-5-17)9-2-3-11(10(16)8-9)19-12(13,14)15/h2-3,8H,4-7H2,1H3. The van der Waals surface area contributed by atoms with Gasteiger partial charge in [0.1, 0.15) is 5.75 Å². The first-order chi connectivity index (χ1) is 8.85. The van der Waals surface area contributed by atoms with Crippen LogP contribution in [-0.2, 0) is 0 Å². The minimum Gasteiger partial charge on any atom is -0.405 e. The highest BCUT2D eigenvalue weighted by molar-refractivity contribution is 14.1. The first-order valence-electron chi connectivity index (χ1n) is 5.84. The molecule has 7 heteroatoms. The molecule has 1 aromatic carbocycles. The number of nitrogens with zero attached hydrogens (tertiary/aromatic N) is 2. The van der Waals surface area contributed by atoms with Gasteiger partial charge in [-0.25, -0.2) is 0 Å². The van der Waals surface area contributed by atoms with Crippen LogP contribution < -0.4 is 9.64 Å². The van der Waals surface area contributed by atoms with Gasteiger partial charge in [-0.3, -0.25) is 0 Å². The molecule has 0 saturated carbocycles. The van der Waals surface area contributed by atoms with E-state index in [1.807, 2.05) is 22.6 Å². The van der Waals surface area contributed by atoms with Crippen molar-refractivity contribution in [3.05, 3.63) is 21.8 Å². The molecule has 0 amide bonds. The van der Waals surface area contributed by atoms with Crippen molar-refractivity contribution < 1.29 is 17.9 Å². The number of rotatable bonds is 2. The number of likely N-dealkylation sites (N-methyl/N-ethyl adjacent to an activating group) is 1. The van der Waals surface area contributed by atoms with Crippen molar-refractivity contribution in [1.29, 1.82) is 0 Å². The summed E-state index contributed by atoms with van der Waals surface area (Å²) in [5.74, 6) is -0.147. The largest absolute Gasteiger partial charge is 0.573 e. The van der Waals surface area contributed by atoms with E-state index in [-0.39, 0.29) is 5.75 Å². The van der Waals surface area contributed by atoms with Gasteiger partial charge in [0.25, 0.3) is 0 Å². The van der Waals surface area contributed by atoms with Crippen LogP contribution in [0.25, 0.3) is 0 Å². The molecule has 1 aromatic rings. The molecule has 0 aliphatic carbocycles. The fraction of sp³-hybridized carbons (Fsp3) is 0.500. The maximum atomic E-state index is 12.2. The number of alkyl halides is 3. The molecule has 1 heterocycles. The molecule has 0 spiro atoms. The van der Waals surface area contributed by atoms with Crippen LogP contribution in [0.3, 0.4) is 0 Å². The Hall–Kier alpha value is -0.700. The predicted molar refractivity (Wildman–Crippen MR) is 75.6 cm³/mol. The Morgan fingerprint density at radius 1 is 1.16 bits per heavy atom. The lowest BCUT2D eigenvalue weighted by Gasteiger charge is -2.34. The maximum absolute atomic E-state index is 12.2. The average molecular weight is 386 g/mol. The molecule has 1 saturated heterocycles. The zero-order chi connectivity index (χ0) is 14.0. The summed E-state index contributed by atoms with van der Waals surface area (Å²) in [6.45, 7) is 3.67. The molecule has 19 heavy (non-hydrogen) atoms. The Bertz CT molecular complexity index is 445. The SMILES string of the molecule is CN1CCN(c2ccc(OC(F)(F)F)c(I)c2)CC1. The summed E-state index contributed by atoms with van der Waals surface area (Å²) in [5.41, 5.74) is 0.937. The lowest BCUT2D eigenvalue weighted by Crippen LogP contribution is -2.44. The highest BCUT2D eigenvalue weighted by Crippen LogP contribution is 2.31. The van der Waals surface area contributed by atoms with Gasteiger partial charge in [-0.05, 0) is 47.8 Å². The molecular weight excluding hydrogens is 372 g/mol. The molecular formula is C12H14F3IN2O. The van der Waals surface area contributed by atoms with Crippen LogP contribution in [-0.4, -0.2) is 44.5 Å². The topological polar surface area (TPSA) is 15.7 Å². The number of piperazine rings is 1. The van der Waals surface area contributed by atoms with Gasteiger partial charge in [-0.2, -0.15) is 0 Å². The third-order valence-corrected chi connectivity index (χ3v) is 3.85. The molecule has 0 unspecified atom stereocenters. The highest BCUT2D eigenvalue weighted by atomic mass is 127. The van der Waals surface area contributed by atoms with Crippen molar-refractivity contribution in [2.45, 2.75) is 6.36 Å². The first-order valence-corrected chi connectivity index (χ1v) is 6.92. The van der Waals surface area contributed by atoms with Crippen molar-refractivity contribution in [3.8, 4) is 5.75 Å². The van der Waals surface area contributed by atoms with E-state index in [1.54, 1.807) is 12.1 Å². The predicted octanol–water partition coefficient (Wildman–Crippen LogP) is 2.94. The van der Waals surface area contributed by atoms with E-state index in [0.717, 1.165) is 31.9 Å². The summed E-state index contributed by atoms with van der Waals surface area (Å²) in [6, 6.07) is 4.78. The Labute approximate surface area is 123 Å². The minimum absolute atomic E-state index is 0.147. The van der Waals surface area contributed by atoms with E-state index in [1.165, 1.54) is 6.07 Å². The molecule has 0 radical (unpaired) electrons. The Morgan fingerprint density at radius 3 is 2.32 bits per heavy atom. The number of ether oxygens (including phenoxy) is 1. The molecule has 1 aliphatic heterocycles. The normalized spacial score (nSPS) is 17.6. The van der Waals surface area contributed by atoms with Crippen molar-refractivity contribution in [1.82, 2.24) is 4.90 Å². The first kappa shape index (κ1) is 14.7.